The highest BCUT2D eigenvalue weighted by Gasteiger charge is 2.08. The van der Waals surface area contributed by atoms with Gasteiger partial charge in [0.2, 0.25) is 0 Å². The molecule has 2 aromatic heterocycles. The fraction of sp³-hybridized carbons (Fsp3) is 0.200. The van der Waals surface area contributed by atoms with Gasteiger partial charge in [-0.15, -0.1) is 11.3 Å². The van der Waals surface area contributed by atoms with Crippen LogP contribution in [0.25, 0.3) is 21.6 Å². The second-order valence-corrected chi connectivity index (χ2v) is 5.34. The van der Waals surface area contributed by atoms with Crippen molar-refractivity contribution in [3.8, 4) is 10.6 Å². The van der Waals surface area contributed by atoms with Crippen molar-refractivity contribution in [2.45, 2.75) is 12.8 Å². The van der Waals surface area contributed by atoms with E-state index in [1.807, 2.05) is 23.6 Å². The summed E-state index contributed by atoms with van der Waals surface area (Å²) in [5, 5.41) is 2.89. The van der Waals surface area contributed by atoms with E-state index in [2.05, 4.69) is 19.7 Å². The molecular weight excluding hydrogens is 286 g/mol. The molecule has 0 aliphatic heterocycles. The lowest BCUT2D eigenvalue weighted by Gasteiger charge is -1.99. The van der Waals surface area contributed by atoms with Crippen LogP contribution < -0.4 is 0 Å². The van der Waals surface area contributed by atoms with Crippen LogP contribution in [0.15, 0.2) is 36.0 Å². The maximum atomic E-state index is 11.1. The maximum Gasteiger partial charge on any atom is 0.305 e. The van der Waals surface area contributed by atoms with Crippen molar-refractivity contribution in [1.29, 1.82) is 0 Å². The fourth-order valence-electron chi connectivity index (χ4n) is 1.98. The Morgan fingerprint density at radius 2 is 2.05 bits per heavy atom. The van der Waals surface area contributed by atoms with Crippen LogP contribution in [-0.2, 0) is 16.0 Å². The van der Waals surface area contributed by atoms with Crippen molar-refractivity contribution in [2.75, 3.05) is 7.11 Å². The van der Waals surface area contributed by atoms with Crippen LogP contribution >= 0.6 is 11.3 Å². The molecule has 0 saturated heterocycles. The highest BCUT2D eigenvalue weighted by atomic mass is 32.1. The van der Waals surface area contributed by atoms with Gasteiger partial charge < -0.3 is 4.74 Å². The van der Waals surface area contributed by atoms with Gasteiger partial charge in [-0.2, -0.15) is 0 Å². The van der Waals surface area contributed by atoms with Crippen LogP contribution in [0, 0.1) is 0 Å². The largest absolute Gasteiger partial charge is 0.469 e. The molecule has 0 fully saturated rings. The van der Waals surface area contributed by atoms with Gasteiger partial charge in [-0.25, -0.2) is 4.98 Å². The average molecular weight is 299 g/mol. The molecule has 0 aliphatic rings. The second-order valence-electron chi connectivity index (χ2n) is 4.48. The third kappa shape index (κ3) is 3.05. The molecule has 3 aromatic rings. The van der Waals surface area contributed by atoms with Crippen LogP contribution in [-0.4, -0.2) is 28.0 Å². The van der Waals surface area contributed by atoms with Gasteiger partial charge in [-0.3, -0.25) is 14.8 Å². The van der Waals surface area contributed by atoms with Gasteiger partial charge in [0.15, 0.2) is 0 Å². The average Bonchev–Trinajstić information content (AvgIpc) is 3.01. The monoisotopic (exact) mass is 299 g/mol. The SMILES string of the molecule is COC(=O)CCc1csc(-c2ccc3nccnc3c2)n1. The number of thiazole rings is 1. The zero-order valence-electron chi connectivity index (χ0n) is 11.4. The van der Waals surface area contributed by atoms with Crippen LogP contribution in [0.5, 0.6) is 0 Å². The van der Waals surface area contributed by atoms with E-state index in [4.69, 9.17) is 0 Å². The molecule has 21 heavy (non-hydrogen) atoms. The van der Waals surface area contributed by atoms with Crippen molar-refractivity contribution in [3.63, 3.8) is 0 Å². The zero-order chi connectivity index (χ0) is 14.7. The molecular formula is C15H13N3O2S. The van der Waals surface area contributed by atoms with E-state index < -0.39 is 0 Å². The molecule has 0 saturated carbocycles. The Balaban J connectivity index is 1.82. The van der Waals surface area contributed by atoms with Crippen molar-refractivity contribution in [1.82, 2.24) is 15.0 Å². The minimum Gasteiger partial charge on any atom is -0.469 e. The molecule has 0 N–H and O–H groups in total. The van der Waals surface area contributed by atoms with E-state index in [9.17, 15) is 4.79 Å². The number of carbonyl (C=O) groups is 1. The summed E-state index contributed by atoms with van der Waals surface area (Å²) in [4.78, 5) is 24.2. The number of methoxy groups -OCH3 is 1. The number of aromatic nitrogens is 3. The number of nitrogens with zero attached hydrogens (tertiary/aromatic N) is 3. The number of carbonyl (C=O) groups excluding carboxylic acids is 1. The molecule has 0 radical (unpaired) electrons. The van der Waals surface area contributed by atoms with Crippen LogP contribution in [0.3, 0.4) is 0 Å². The fourth-order valence-corrected chi connectivity index (χ4v) is 2.83. The predicted molar refractivity (Wildman–Crippen MR) is 81.0 cm³/mol. The molecule has 1 aromatic carbocycles. The molecule has 6 heteroatoms. The Morgan fingerprint density at radius 1 is 1.24 bits per heavy atom. The van der Waals surface area contributed by atoms with Crippen molar-refractivity contribution in [3.05, 3.63) is 41.7 Å². The third-order valence-corrected chi connectivity index (χ3v) is 4.02. The van der Waals surface area contributed by atoms with E-state index in [1.54, 1.807) is 23.7 Å². The summed E-state index contributed by atoms with van der Waals surface area (Å²) in [7, 11) is 1.39. The quantitative estimate of drug-likeness (QED) is 0.693. The summed E-state index contributed by atoms with van der Waals surface area (Å²) in [6.45, 7) is 0. The zero-order valence-corrected chi connectivity index (χ0v) is 12.3. The number of rotatable bonds is 4. The maximum absolute atomic E-state index is 11.1. The highest BCUT2D eigenvalue weighted by Crippen LogP contribution is 2.26. The molecule has 3 rings (SSSR count). The van der Waals surface area contributed by atoms with Gasteiger partial charge in [0.1, 0.15) is 5.01 Å². The lowest BCUT2D eigenvalue weighted by Crippen LogP contribution is -2.01. The first-order valence-corrected chi connectivity index (χ1v) is 7.36. The first-order chi connectivity index (χ1) is 10.3. The molecule has 2 heterocycles. The molecule has 0 unspecified atom stereocenters. The summed E-state index contributed by atoms with van der Waals surface area (Å²) < 4.78 is 4.63. The third-order valence-electron chi connectivity index (χ3n) is 3.08. The van der Waals surface area contributed by atoms with Crippen LogP contribution in [0.2, 0.25) is 0 Å². The van der Waals surface area contributed by atoms with Gasteiger partial charge >= 0.3 is 5.97 Å². The number of aryl methyl sites for hydroxylation is 1. The summed E-state index contributed by atoms with van der Waals surface area (Å²) in [6.07, 6.45) is 4.30. The van der Waals surface area contributed by atoms with E-state index in [1.165, 1.54) is 7.11 Å². The minimum absolute atomic E-state index is 0.217. The number of esters is 1. The Bertz CT molecular complexity index is 785. The Morgan fingerprint density at radius 3 is 2.86 bits per heavy atom. The van der Waals surface area contributed by atoms with Crippen LogP contribution in [0.1, 0.15) is 12.1 Å². The van der Waals surface area contributed by atoms with Gasteiger partial charge in [0.25, 0.3) is 0 Å². The number of fused-ring (bicyclic) bond motifs is 1. The van der Waals surface area contributed by atoms with E-state index >= 15 is 0 Å². The smallest absolute Gasteiger partial charge is 0.305 e. The standard InChI is InChI=1S/C15H13N3O2S/c1-20-14(19)5-3-11-9-21-15(18-11)10-2-4-12-13(8-10)17-7-6-16-12/h2,4,6-9H,3,5H2,1H3. The lowest BCUT2D eigenvalue weighted by atomic mass is 10.2. The summed E-state index contributed by atoms with van der Waals surface area (Å²) >= 11 is 1.56. The van der Waals surface area contributed by atoms with Gasteiger partial charge in [0, 0.05) is 29.8 Å². The first kappa shape index (κ1) is 13.6. The Hall–Kier alpha value is -2.34. The highest BCUT2D eigenvalue weighted by molar-refractivity contribution is 7.13. The summed E-state index contributed by atoms with van der Waals surface area (Å²) in [6, 6.07) is 5.90. The van der Waals surface area contributed by atoms with Gasteiger partial charge in [-0.1, -0.05) is 0 Å². The van der Waals surface area contributed by atoms with E-state index in [0.29, 0.717) is 12.8 Å². The Labute approximate surface area is 125 Å². The summed E-state index contributed by atoms with van der Waals surface area (Å²) in [5.74, 6) is -0.217. The lowest BCUT2D eigenvalue weighted by molar-refractivity contribution is -0.140. The molecule has 0 spiro atoms. The van der Waals surface area contributed by atoms with Crippen LogP contribution in [0.4, 0.5) is 0 Å². The minimum atomic E-state index is -0.217. The molecule has 0 atom stereocenters. The predicted octanol–water partition coefficient (Wildman–Crippen LogP) is 2.86. The Kier molecular flexibility index (Phi) is 3.87. The van der Waals surface area contributed by atoms with Crippen molar-refractivity contribution < 1.29 is 9.53 Å². The number of ether oxygens (including phenoxy) is 1. The van der Waals surface area contributed by atoms with Crippen molar-refractivity contribution in [2.24, 2.45) is 0 Å². The molecule has 0 bridgehead atoms. The molecule has 0 amide bonds. The van der Waals surface area contributed by atoms with E-state index in [-0.39, 0.29) is 5.97 Å². The normalized spacial score (nSPS) is 10.7. The molecule has 0 aliphatic carbocycles. The number of benzene rings is 1. The van der Waals surface area contributed by atoms with Gasteiger partial charge in [-0.05, 0) is 18.2 Å². The summed E-state index contributed by atoms with van der Waals surface area (Å²) in [5.41, 5.74) is 3.63. The first-order valence-electron chi connectivity index (χ1n) is 6.48. The molecule has 106 valence electrons. The number of hydrogen-bond acceptors (Lipinski definition) is 6. The molecule has 5 nitrogen and oxygen atoms in total. The topological polar surface area (TPSA) is 65.0 Å². The second kappa shape index (κ2) is 5.97. The number of hydrogen-bond donors (Lipinski definition) is 0. The van der Waals surface area contributed by atoms with Crippen molar-refractivity contribution >= 4 is 28.3 Å². The van der Waals surface area contributed by atoms with Gasteiger partial charge in [0.05, 0.1) is 30.3 Å². The van der Waals surface area contributed by atoms with E-state index in [0.717, 1.165) is 27.3 Å².